The highest BCUT2D eigenvalue weighted by atomic mass is 16.5. The number of ketones is 2. The third-order valence-corrected chi connectivity index (χ3v) is 5.37. The van der Waals surface area contributed by atoms with Gasteiger partial charge in [0.2, 0.25) is 0 Å². The molecule has 1 aromatic carbocycles. The summed E-state index contributed by atoms with van der Waals surface area (Å²) in [5.74, 6) is -1.29. The Morgan fingerprint density at radius 1 is 1.15 bits per heavy atom. The molecular formula is C19H22O7. The monoisotopic (exact) mass is 362 g/mol. The third kappa shape index (κ3) is 2.91. The van der Waals surface area contributed by atoms with E-state index in [-0.39, 0.29) is 65.7 Å². The molecule has 0 heterocycles. The van der Waals surface area contributed by atoms with Crippen molar-refractivity contribution < 1.29 is 33.7 Å². The predicted octanol–water partition coefficient (Wildman–Crippen LogP) is 2.24. The van der Waals surface area contributed by atoms with Crippen molar-refractivity contribution in [2.24, 2.45) is 11.8 Å². The van der Waals surface area contributed by atoms with Gasteiger partial charge in [-0.1, -0.05) is 0 Å². The summed E-state index contributed by atoms with van der Waals surface area (Å²) >= 11 is 0. The average Bonchev–Trinajstić information content (AvgIpc) is 2.61. The van der Waals surface area contributed by atoms with Gasteiger partial charge in [0, 0.05) is 30.9 Å². The number of methoxy groups -OCH3 is 3. The summed E-state index contributed by atoms with van der Waals surface area (Å²) in [6.07, 6.45) is 1.12. The number of aromatic hydroxyl groups is 1. The minimum atomic E-state index is -0.525. The van der Waals surface area contributed by atoms with Crippen LogP contribution in [-0.2, 0) is 14.3 Å². The molecule has 7 heteroatoms. The number of fused-ring (bicyclic) bond motifs is 3. The van der Waals surface area contributed by atoms with Crippen LogP contribution in [0.25, 0.3) is 0 Å². The molecule has 3 atom stereocenters. The average molecular weight is 362 g/mol. The molecule has 3 unspecified atom stereocenters. The van der Waals surface area contributed by atoms with Crippen LogP contribution in [0.2, 0.25) is 0 Å². The molecule has 1 aromatic rings. The van der Waals surface area contributed by atoms with Crippen LogP contribution < -0.4 is 9.47 Å². The summed E-state index contributed by atoms with van der Waals surface area (Å²) in [4.78, 5) is 37.2. The lowest BCUT2D eigenvalue weighted by Crippen LogP contribution is -2.37. The van der Waals surface area contributed by atoms with Crippen LogP contribution in [0.1, 0.15) is 47.5 Å². The predicted molar refractivity (Wildman–Crippen MR) is 90.8 cm³/mol. The van der Waals surface area contributed by atoms with Crippen LogP contribution in [0.15, 0.2) is 6.07 Å². The van der Waals surface area contributed by atoms with Gasteiger partial charge in [-0.25, -0.2) is 0 Å². The number of Topliss-reactive ketones (excluding diaryl/α,β-unsaturated/α-hetero) is 2. The van der Waals surface area contributed by atoms with E-state index in [0.717, 1.165) is 0 Å². The summed E-state index contributed by atoms with van der Waals surface area (Å²) < 4.78 is 15.2. The molecule has 1 fully saturated rings. The number of esters is 1. The molecule has 3 rings (SSSR count). The normalized spacial score (nSPS) is 24.5. The summed E-state index contributed by atoms with van der Waals surface area (Å²) in [6, 6.07) is 1.50. The number of phenols is 1. The highest BCUT2D eigenvalue weighted by molar-refractivity contribution is 6.06. The smallest absolute Gasteiger partial charge is 0.305 e. The molecule has 140 valence electrons. The first-order valence-corrected chi connectivity index (χ1v) is 8.51. The van der Waals surface area contributed by atoms with E-state index in [1.165, 1.54) is 27.4 Å². The molecule has 26 heavy (non-hydrogen) atoms. The van der Waals surface area contributed by atoms with Crippen LogP contribution in [0, 0.1) is 11.8 Å². The summed E-state index contributed by atoms with van der Waals surface area (Å²) in [6.45, 7) is 0. The first-order chi connectivity index (χ1) is 12.4. The topological polar surface area (TPSA) is 99.1 Å². The summed E-state index contributed by atoms with van der Waals surface area (Å²) in [5.41, 5.74) is 0.552. The van der Waals surface area contributed by atoms with Gasteiger partial charge in [0.1, 0.15) is 11.5 Å². The van der Waals surface area contributed by atoms with Crippen molar-refractivity contribution in [3.05, 3.63) is 17.2 Å². The number of hydrogen-bond acceptors (Lipinski definition) is 7. The van der Waals surface area contributed by atoms with Gasteiger partial charge < -0.3 is 19.3 Å². The van der Waals surface area contributed by atoms with E-state index in [2.05, 4.69) is 0 Å². The number of carbonyl (C=O) groups is 3. The molecule has 0 spiro atoms. The van der Waals surface area contributed by atoms with Gasteiger partial charge >= 0.3 is 5.97 Å². The van der Waals surface area contributed by atoms with E-state index < -0.39 is 5.92 Å². The van der Waals surface area contributed by atoms with Crippen molar-refractivity contribution in [2.75, 3.05) is 21.3 Å². The zero-order valence-electron chi connectivity index (χ0n) is 15.0. The fraction of sp³-hybridized carbons (Fsp3) is 0.526. The SMILES string of the molecule is COC(=O)CC1CC(=O)C2c3c(OC)cc(OC)c(O)c3C(=O)CC2C1. The lowest BCUT2D eigenvalue weighted by atomic mass is 9.63. The standard InChI is InChI=1S/C19H22O7/c1-24-13-8-14(25-2)19(23)17-12(21)7-10-4-9(6-15(22)26-3)5-11(20)16(10)18(13)17/h8-10,16,23H,4-7H2,1-3H3. The molecule has 0 bridgehead atoms. The fourth-order valence-electron chi connectivity index (χ4n) is 4.29. The van der Waals surface area contributed by atoms with Crippen LogP contribution in [0.5, 0.6) is 17.2 Å². The lowest BCUT2D eigenvalue weighted by Gasteiger charge is -2.39. The fourth-order valence-corrected chi connectivity index (χ4v) is 4.29. The van der Waals surface area contributed by atoms with Gasteiger partial charge in [0.05, 0.1) is 32.8 Å². The van der Waals surface area contributed by atoms with Crippen molar-refractivity contribution in [1.29, 1.82) is 0 Å². The zero-order chi connectivity index (χ0) is 19.0. The largest absolute Gasteiger partial charge is 0.504 e. The Morgan fingerprint density at radius 3 is 2.46 bits per heavy atom. The molecule has 1 N–H and O–H groups in total. The maximum absolute atomic E-state index is 12.9. The Labute approximate surface area is 151 Å². The van der Waals surface area contributed by atoms with Crippen molar-refractivity contribution in [3.63, 3.8) is 0 Å². The van der Waals surface area contributed by atoms with Crippen molar-refractivity contribution in [1.82, 2.24) is 0 Å². The molecule has 1 saturated carbocycles. The van der Waals surface area contributed by atoms with Crippen LogP contribution in [-0.4, -0.2) is 44.0 Å². The van der Waals surface area contributed by atoms with E-state index >= 15 is 0 Å². The number of rotatable bonds is 4. The molecule has 0 aromatic heterocycles. The number of benzene rings is 1. The Morgan fingerprint density at radius 2 is 1.85 bits per heavy atom. The van der Waals surface area contributed by atoms with E-state index in [1.54, 1.807) is 0 Å². The maximum atomic E-state index is 12.9. The second-order valence-electron chi connectivity index (χ2n) is 6.84. The second-order valence-corrected chi connectivity index (χ2v) is 6.84. The van der Waals surface area contributed by atoms with Gasteiger partial charge in [-0.05, 0) is 18.3 Å². The molecule has 7 nitrogen and oxygen atoms in total. The highest BCUT2D eigenvalue weighted by Crippen LogP contribution is 2.52. The Hall–Kier alpha value is -2.57. The zero-order valence-corrected chi connectivity index (χ0v) is 15.0. The highest BCUT2D eigenvalue weighted by Gasteiger charge is 2.46. The van der Waals surface area contributed by atoms with E-state index in [0.29, 0.717) is 17.7 Å². The summed E-state index contributed by atoms with van der Waals surface area (Å²) in [5, 5.41) is 10.4. The molecule has 0 radical (unpaired) electrons. The number of hydrogen-bond donors (Lipinski definition) is 1. The van der Waals surface area contributed by atoms with Crippen LogP contribution in [0.3, 0.4) is 0 Å². The van der Waals surface area contributed by atoms with Crippen molar-refractivity contribution in [2.45, 2.75) is 31.6 Å². The maximum Gasteiger partial charge on any atom is 0.305 e. The quantitative estimate of drug-likeness (QED) is 0.820. The number of ether oxygens (including phenoxy) is 3. The van der Waals surface area contributed by atoms with Gasteiger partial charge in [-0.2, -0.15) is 0 Å². The van der Waals surface area contributed by atoms with E-state index in [9.17, 15) is 19.5 Å². The molecule has 0 aliphatic heterocycles. The number of phenolic OH excluding ortho intramolecular Hbond substituents is 1. The minimum absolute atomic E-state index is 0.0493. The Kier molecular flexibility index (Phi) is 4.89. The second kappa shape index (κ2) is 6.97. The third-order valence-electron chi connectivity index (χ3n) is 5.37. The van der Waals surface area contributed by atoms with E-state index in [4.69, 9.17) is 14.2 Å². The van der Waals surface area contributed by atoms with Gasteiger partial charge in [0.15, 0.2) is 17.3 Å². The molecule has 0 amide bonds. The van der Waals surface area contributed by atoms with Crippen LogP contribution in [0.4, 0.5) is 0 Å². The van der Waals surface area contributed by atoms with Gasteiger partial charge in [0.25, 0.3) is 0 Å². The minimum Gasteiger partial charge on any atom is -0.504 e. The van der Waals surface area contributed by atoms with Gasteiger partial charge in [-0.15, -0.1) is 0 Å². The molecular weight excluding hydrogens is 340 g/mol. The van der Waals surface area contributed by atoms with Gasteiger partial charge in [-0.3, -0.25) is 14.4 Å². The first kappa shape index (κ1) is 18.2. The number of carbonyl (C=O) groups excluding carboxylic acids is 3. The Bertz CT molecular complexity index is 768. The summed E-state index contributed by atoms with van der Waals surface area (Å²) in [7, 11) is 4.16. The molecule has 2 aliphatic rings. The van der Waals surface area contributed by atoms with Crippen molar-refractivity contribution >= 4 is 17.5 Å². The van der Waals surface area contributed by atoms with Crippen molar-refractivity contribution in [3.8, 4) is 17.2 Å². The van der Waals surface area contributed by atoms with E-state index in [1.807, 2.05) is 0 Å². The Balaban J connectivity index is 2.03. The first-order valence-electron chi connectivity index (χ1n) is 8.51. The molecule has 0 saturated heterocycles. The molecule has 2 aliphatic carbocycles. The lowest BCUT2D eigenvalue weighted by molar-refractivity contribution is -0.142. The van der Waals surface area contributed by atoms with Crippen LogP contribution >= 0.6 is 0 Å².